The minimum Gasteiger partial charge on any atom is -0.254 e. The van der Waals surface area contributed by atoms with Crippen LogP contribution < -0.4 is 0 Å². The van der Waals surface area contributed by atoms with E-state index in [1.807, 2.05) is 0 Å². The second-order valence-electron chi connectivity index (χ2n) is 4.42. The van der Waals surface area contributed by atoms with Gasteiger partial charge in [-0.2, -0.15) is 4.31 Å². The number of rotatable bonds is 2. The fourth-order valence-corrected chi connectivity index (χ4v) is 4.32. The highest BCUT2D eigenvalue weighted by Gasteiger charge is 2.43. The quantitative estimate of drug-likeness (QED) is 0.855. The summed E-state index contributed by atoms with van der Waals surface area (Å²) in [5.74, 6) is -2.94. The van der Waals surface area contributed by atoms with Crippen LogP contribution in [0.4, 0.5) is 8.78 Å². The number of sulfonamides is 1. The zero-order valence-corrected chi connectivity index (χ0v) is 11.3. The van der Waals surface area contributed by atoms with Gasteiger partial charge in [0.15, 0.2) is 0 Å². The number of hydrogen-bond acceptors (Lipinski definition) is 4. The van der Waals surface area contributed by atoms with Gasteiger partial charge in [0, 0.05) is 19.2 Å². The Balaban J connectivity index is 2.00. The number of nitrogens with zero attached hydrogens (tertiary/aromatic N) is 2. The van der Waals surface area contributed by atoms with E-state index in [4.69, 9.17) is 0 Å². The third kappa shape index (κ3) is 2.24. The molecule has 0 atom stereocenters. The Kier molecular flexibility index (Phi) is 2.84. The summed E-state index contributed by atoms with van der Waals surface area (Å²) < 4.78 is 52.3. The molecule has 0 N–H and O–H groups in total. The van der Waals surface area contributed by atoms with Gasteiger partial charge in [0.05, 0.1) is 16.8 Å². The van der Waals surface area contributed by atoms with Crippen LogP contribution in [0.25, 0.3) is 10.2 Å². The molecule has 3 heterocycles. The maximum absolute atomic E-state index is 13.1. The summed E-state index contributed by atoms with van der Waals surface area (Å²) in [6.07, 6.45) is 0.793. The molecule has 2 aromatic heterocycles. The van der Waals surface area contributed by atoms with Gasteiger partial charge in [-0.3, -0.25) is 4.98 Å². The summed E-state index contributed by atoms with van der Waals surface area (Å²) in [5, 5.41) is 1.80. The number of halogens is 2. The molecular weight excluding hydrogens is 294 g/mol. The van der Waals surface area contributed by atoms with Crippen LogP contribution in [0.5, 0.6) is 0 Å². The fourth-order valence-electron chi connectivity index (χ4n) is 2.03. The highest BCUT2D eigenvalue weighted by Crippen LogP contribution is 2.32. The number of aromatic nitrogens is 1. The van der Waals surface area contributed by atoms with Gasteiger partial charge in [-0.25, -0.2) is 17.2 Å². The molecule has 0 spiro atoms. The van der Waals surface area contributed by atoms with E-state index in [1.54, 1.807) is 11.4 Å². The molecule has 1 aliphatic heterocycles. The van der Waals surface area contributed by atoms with Crippen molar-refractivity contribution in [3.05, 3.63) is 23.7 Å². The van der Waals surface area contributed by atoms with E-state index in [1.165, 1.54) is 23.6 Å². The average molecular weight is 304 g/mol. The molecule has 0 amide bonds. The topological polar surface area (TPSA) is 50.3 Å². The summed E-state index contributed by atoms with van der Waals surface area (Å²) >= 11 is 1.37. The molecule has 3 rings (SSSR count). The third-order valence-corrected chi connectivity index (χ3v) is 5.71. The second kappa shape index (κ2) is 4.19. The number of alkyl halides is 2. The van der Waals surface area contributed by atoms with Crippen molar-refractivity contribution in [2.45, 2.75) is 17.2 Å². The van der Waals surface area contributed by atoms with Gasteiger partial charge < -0.3 is 0 Å². The Labute approximate surface area is 112 Å². The van der Waals surface area contributed by atoms with Crippen LogP contribution in [0.1, 0.15) is 6.42 Å². The van der Waals surface area contributed by atoms with Crippen molar-refractivity contribution in [2.24, 2.45) is 0 Å². The smallest absolute Gasteiger partial charge is 0.254 e. The van der Waals surface area contributed by atoms with E-state index in [0.717, 1.165) is 9.01 Å². The largest absolute Gasteiger partial charge is 0.262 e. The highest BCUT2D eigenvalue weighted by atomic mass is 32.2. The first kappa shape index (κ1) is 12.9. The van der Waals surface area contributed by atoms with Crippen molar-refractivity contribution in [1.29, 1.82) is 0 Å². The summed E-state index contributed by atoms with van der Waals surface area (Å²) in [6.45, 7) is -0.907. The molecule has 0 saturated carbocycles. The van der Waals surface area contributed by atoms with Gasteiger partial charge in [-0.05, 0) is 17.5 Å². The minimum atomic E-state index is -3.88. The molecule has 0 aromatic carbocycles. The molecule has 1 fully saturated rings. The molecule has 4 nitrogen and oxygen atoms in total. The average Bonchev–Trinajstić information content (AvgIpc) is 2.94. The van der Waals surface area contributed by atoms with Crippen molar-refractivity contribution < 1.29 is 17.2 Å². The Hall–Kier alpha value is -1.12. The standard InChI is InChI=1S/C11H10F2N2O2S2/c12-11(13)2-3-15(7-11)19(16,17)8-5-10-9(14-6-8)1-4-18-10/h1,4-6H,2-3,7H2. The fraction of sp³-hybridized carbons (Fsp3) is 0.364. The first-order chi connectivity index (χ1) is 8.88. The van der Waals surface area contributed by atoms with Crippen LogP contribution in [0.3, 0.4) is 0 Å². The number of fused-ring (bicyclic) bond motifs is 1. The van der Waals surface area contributed by atoms with Gasteiger partial charge >= 0.3 is 0 Å². The lowest BCUT2D eigenvalue weighted by Crippen LogP contribution is -2.31. The lowest BCUT2D eigenvalue weighted by molar-refractivity contribution is 0.0183. The van der Waals surface area contributed by atoms with Gasteiger partial charge in [-0.15, -0.1) is 11.3 Å². The van der Waals surface area contributed by atoms with E-state index < -0.39 is 28.9 Å². The second-order valence-corrected chi connectivity index (χ2v) is 7.31. The van der Waals surface area contributed by atoms with Gasteiger partial charge in [0.2, 0.25) is 10.0 Å². The Morgan fingerprint density at radius 3 is 2.89 bits per heavy atom. The number of thiophene rings is 1. The molecule has 19 heavy (non-hydrogen) atoms. The molecule has 8 heteroatoms. The minimum absolute atomic E-state index is 0.0276. The van der Waals surface area contributed by atoms with Gasteiger partial charge in [0.1, 0.15) is 4.90 Å². The normalized spacial score (nSPS) is 20.1. The molecule has 0 bridgehead atoms. The van der Waals surface area contributed by atoms with Crippen LogP contribution in [0.2, 0.25) is 0 Å². The third-order valence-electron chi connectivity index (χ3n) is 3.05. The molecule has 0 aliphatic carbocycles. The van der Waals surface area contributed by atoms with E-state index in [-0.39, 0.29) is 11.4 Å². The van der Waals surface area contributed by atoms with E-state index in [9.17, 15) is 17.2 Å². The maximum Gasteiger partial charge on any atom is 0.262 e. The summed E-state index contributed by atoms with van der Waals surface area (Å²) in [5.41, 5.74) is 0.704. The Bertz CT molecular complexity index is 727. The van der Waals surface area contributed by atoms with Gasteiger partial charge in [0.25, 0.3) is 5.92 Å². The number of pyridine rings is 1. The van der Waals surface area contributed by atoms with Crippen molar-refractivity contribution in [3.8, 4) is 0 Å². The van der Waals surface area contributed by atoms with Crippen molar-refractivity contribution in [1.82, 2.24) is 9.29 Å². The first-order valence-electron chi connectivity index (χ1n) is 5.60. The molecule has 2 aromatic rings. The van der Waals surface area contributed by atoms with E-state index >= 15 is 0 Å². The summed E-state index contributed by atoms with van der Waals surface area (Å²) in [7, 11) is -3.88. The van der Waals surface area contributed by atoms with Crippen LogP contribution in [-0.2, 0) is 10.0 Å². The van der Waals surface area contributed by atoms with E-state index in [2.05, 4.69) is 4.98 Å². The lowest BCUT2D eigenvalue weighted by Gasteiger charge is -2.15. The number of hydrogen-bond donors (Lipinski definition) is 0. The van der Waals surface area contributed by atoms with Gasteiger partial charge in [-0.1, -0.05) is 0 Å². The summed E-state index contributed by atoms with van der Waals surface area (Å²) in [6, 6.07) is 3.26. The SMILES string of the molecule is O=S(=O)(c1cnc2ccsc2c1)N1CCC(F)(F)C1. The molecule has 0 radical (unpaired) electrons. The molecular formula is C11H10F2N2O2S2. The van der Waals surface area contributed by atoms with Crippen LogP contribution in [-0.4, -0.2) is 36.7 Å². The lowest BCUT2D eigenvalue weighted by atomic mass is 10.3. The molecule has 1 saturated heterocycles. The Morgan fingerprint density at radius 1 is 1.42 bits per heavy atom. The van der Waals surface area contributed by atoms with Crippen molar-refractivity contribution in [2.75, 3.05) is 13.1 Å². The monoisotopic (exact) mass is 304 g/mol. The highest BCUT2D eigenvalue weighted by molar-refractivity contribution is 7.89. The van der Waals surface area contributed by atoms with Crippen LogP contribution in [0.15, 0.2) is 28.6 Å². The maximum atomic E-state index is 13.1. The van der Waals surface area contributed by atoms with Crippen LogP contribution in [0, 0.1) is 0 Å². The first-order valence-corrected chi connectivity index (χ1v) is 7.92. The molecule has 0 unspecified atom stereocenters. The van der Waals surface area contributed by atoms with Crippen molar-refractivity contribution >= 4 is 31.6 Å². The molecule has 1 aliphatic rings. The van der Waals surface area contributed by atoms with E-state index in [0.29, 0.717) is 5.52 Å². The Morgan fingerprint density at radius 2 is 2.21 bits per heavy atom. The zero-order valence-electron chi connectivity index (χ0n) is 9.71. The van der Waals surface area contributed by atoms with Crippen LogP contribution >= 0.6 is 11.3 Å². The predicted molar refractivity (Wildman–Crippen MR) is 67.9 cm³/mol. The molecule has 102 valence electrons. The predicted octanol–water partition coefficient (Wildman–Crippen LogP) is 2.33. The van der Waals surface area contributed by atoms with Crippen molar-refractivity contribution in [3.63, 3.8) is 0 Å². The zero-order chi connectivity index (χ0) is 13.7. The summed E-state index contributed by atoms with van der Waals surface area (Å²) in [4.78, 5) is 4.00.